The highest BCUT2D eigenvalue weighted by Gasteiger charge is 2.41. The minimum absolute atomic E-state index is 0.191. The summed E-state index contributed by atoms with van der Waals surface area (Å²) in [5.74, 6) is 0.451. The van der Waals surface area contributed by atoms with Crippen molar-refractivity contribution in [3.63, 3.8) is 0 Å². The second-order valence-corrected chi connectivity index (χ2v) is 7.59. The zero-order chi connectivity index (χ0) is 21.3. The van der Waals surface area contributed by atoms with Crippen LogP contribution in [0, 0.1) is 6.92 Å². The number of hydrogen-bond acceptors (Lipinski definition) is 5. The number of amides is 2. The molecule has 0 aromatic heterocycles. The summed E-state index contributed by atoms with van der Waals surface area (Å²) in [6, 6.07) is 15.8. The summed E-state index contributed by atoms with van der Waals surface area (Å²) in [4.78, 5) is 31.8. The lowest BCUT2D eigenvalue weighted by Crippen LogP contribution is -2.47. The van der Waals surface area contributed by atoms with Crippen LogP contribution in [0.25, 0.3) is 5.57 Å². The predicted octanol–water partition coefficient (Wildman–Crippen LogP) is 2.93. The van der Waals surface area contributed by atoms with Crippen LogP contribution in [0.2, 0.25) is 0 Å². The number of ether oxygens (including phenoxy) is 1. The molecule has 2 aliphatic heterocycles. The van der Waals surface area contributed by atoms with Crippen LogP contribution in [-0.2, 0) is 9.59 Å². The topological polar surface area (TPSA) is 53.1 Å². The molecule has 0 N–H and O–H groups in total. The molecule has 0 aliphatic carbocycles. The quantitative estimate of drug-likeness (QED) is 0.716. The summed E-state index contributed by atoms with van der Waals surface area (Å²) in [5.41, 5.74) is 4.03. The first kappa shape index (κ1) is 20.0. The van der Waals surface area contributed by atoms with Crippen molar-refractivity contribution in [3.8, 4) is 5.75 Å². The number of hydrogen-bond donors (Lipinski definition) is 0. The van der Waals surface area contributed by atoms with Gasteiger partial charge in [-0.3, -0.25) is 14.5 Å². The van der Waals surface area contributed by atoms with Gasteiger partial charge in [-0.25, -0.2) is 0 Å². The second-order valence-electron chi connectivity index (χ2n) is 7.59. The monoisotopic (exact) mass is 405 g/mol. The fourth-order valence-electron chi connectivity index (χ4n) is 4.19. The van der Waals surface area contributed by atoms with Gasteiger partial charge in [-0.1, -0.05) is 42.0 Å². The van der Waals surface area contributed by atoms with Gasteiger partial charge < -0.3 is 14.5 Å². The number of anilines is 1. The van der Waals surface area contributed by atoms with Gasteiger partial charge in [0.05, 0.1) is 18.4 Å². The molecule has 0 spiro atoms. The third-order valence-corrected chi connectivity index (χ3v) is 5.82. The largest absolute Gasteiger partial charge is 0.495 e. The maximum absolute atomic E-state index is 13.1. The van der Waals surface area contributed by atoms with Crippen LogP contribution in [0.15, 0.2) is 54.2 Å². The number of piperazine rings is 1. The normalized spacial score (nSPS) is 17.2. The molecule has 1 fully saturated rings. The van der Waals surface area contributed by atoms with E-state index < -0.39 is 0 Å². The lowest BCUT2D eigenvalue weighted by molar-refractivity contribution is -0.137. The Balaban J connectivity index is 1.63. The van der Waals surface area contributed by atoms with Crippen LogP contribution in [-0.4, -0.2) is 61.4 Å². The number of carbonyl (C=O) groups is 2. The van der Waals surface area contributed by atoms with Crippen molar-refractivity contribution in [1.29, 1.82) is 0 Å². The Labute approximate surface area is 177 Å². The lowest BCUT2D eigenvalue weighted by Gasteiger charge is -2.38. The van der Waals surface area contributed by atoms with E-state index in [4.69, 9.17) is 4.74 Å². The van der Waals surface area contributed by atoms with E-state index in [1.54, 1.807) is 7.11 Å². The second kappa shape index (κ2) is 8.22. The Kier molecular flexibility index (Phi) is 5.48. The third kappa shape index (κ3) is 3.43. The molecule has 2 amide bonds. The van der Waals surface area contributed by atoms with Crippen LogP contribution in [0.1, 0.15) is 18.1 Å². The zero-order valence-electron chi connectivity index (χ0n) is 17.7. The molecule has 0 unspecified atom stereocenters. The van der Waals surface area contributed by atoms with E-state index >= 15 is 0 Å². The summed E-state index contributed by atoms with van der Waals surface area (Å²) < 4.78 is 5.50. The number of nitrogens with zero attached hydrogens (tertiary/aromatic N) is 3. The number of benzene rings is 2. The Hall–Kier alpha value is -3.28. The Morgan fingerprint density at radius 3 is 2.13 bits per heavy atom. The fourth-order valence-corrected chi connectivity index (χ4v) is 4.19. The van der Waals surface area contributed by atoms with Gasteiger partial charge in [0.25, 0.3) is 11.8 Å². The van der Waals surface area contributed by atoms with Gasteiger partial charge in [0.2, 0.25) is 0 Å². The Morgan fingerprint density at radius 1 is 0.867 bits per heavy atom. The lowest BCUT2D eigenvalue weighted by atomic mass is 10.0. The molecule has 4 rings (SSSR count). The zero-order valence-corrected chi connectivity index (χ0v) is 17.7. The average Bonchev–Trinajstić information content (AvgIpc) is 3.03. The number of rotatable bonds is 5. The molecule has 2 aromatic carbocycles. The van der Waals surface area contributed by atoms with Crippen molar-refractivity contribution in [1.82, 2.24) is 9.80 Å². The fraction of sp³-hybridized carbons (Fsp3) is 0.333. The molecular weight excluding hydrogens is 378 g/mol. The Bertz CT molecular complexity index is 989. The molecule has 2 heterocycles. The van der Waals surface area contributed by atoms with Crippen LogP contribution in [0.4, 0.5) is 5.69 Å². The minimum Gasteiger partial charge on any atom is -0.495 e. The highest BCUT2D eigenvalue weighted by molar-refractivity contribution is 6.35. The van der Waals surface area contributed by atoms with E-state index in [9.17, 15) is 9.59 Å². The van der Waals surface area contributed by atoms with Gasteiger partial charge in [0, 0.05) is 32.7 Å². The van der Waals surface area contributed by atoms with Gasteiger partial charge in [-0.15, -0.1) is 0 Å². The number of para-hydroxylation sites is 2. The summed E-state index contributed by atoms with van der Waals surface area (Å²) in [6.45, 7) is 7.05. The highest BCUT2D eigenvalue weighted by Crippen LogP contribution is 2.34. The number of carbonyl (C=O) groups excluding carboxylic acids is 2. The van der Waals surface area contributed by atoms with Crippen molar-refractivity contribution < 1.29 is 14.3 Å². The van der Waals surface area contributed by atoms with E-state index in [-0.39, 0.29) is 11.8 Å². The molecular formula is C24H27N3O3. The summed E-state index contributed by atoms with van der Waals surface area (Å²) in [6.07, 6.45) is 0. The molecule has 6 nitrogen and oxygen atoms in total. The molecule has 2 aromatic rings. The van der Waals surface area contributed by atoms with Gasteiger partial charge in [0.15, 0.2) is 0 Å². The van der Waals surface area contributed by atoms with Crippen LogP contribution >= 0.6 is 0 Å². The molecule has 1 saturated heterocycles. The predicted molar refractivity (Wildman–Crippen MR) is 117 cm³/mol. The van der Waals surface area contributed by atoms with E-state index in [1.807, 2.05) is 56.3 Å². The highest BCUT2D eigenvalue weighted by atomic mass is 16.5. The van der Waals surface area contributed by atoms with E-state index in [1.165, 1.54) is 4.90 Å². The SMILES string of the molecule is CCN1C(=O)C(c2ccc(C)cc2)=C(N2CCN(c3ccccc3OC)CC2)C1=O. The molecule has 156 valence electrons. The molecule has 2 aliphatic rings. The van der Waals surface area contributed by atoms with Crippen LogP contribution < -0.4 is 9.64 Å². The molecule has 6 heteroatoms. The van der Waals surface area contributed by atoms with Crippen molar-refractivity contribution in [2.45, 2.75) is 13.8 Å². The van der Waals surface area contributed by atoms with Crippen molar-refractivity contribution in [2.75, 3.05) is 44.7 Å². The number of likely N-dealkylation sites (N-methyl/N-ethyl adjacent to an activating group) is 1. The summed E-state index contributed by atoms with van der Waals surface area (Å²) in [7, 11) is 1.68. The van der Waals surface area contributed by atoms with Gasteiger partial charge in [0.1, 0.15) is 11.4 Å². The number of imide groups is 1. The maximum Gasteiger partial charge on any atom is 0.277 e. The van der Waals surface area contributed by atoms with Crippen LogP contribution in [0.5, 0.6) is 5.75 Å². The van der Waals surface area contributed by atoms with Crippen molar-refractivity contribution >= 4 is 23.1 Å². The molecule has 0 bridgehead atoms. The first-order chi connectivity index (χ1) is 14.5. The van der Waals surface area contributed by atoms with Gasteiger partial charge >= 0.3 is 0 Å². The minimum atomic E-state index is -0.200. The van der Waals surface area contributed by atoms with Gasteiger partial charge in [-0.2, -0.15) is 0 Å². The van der Waals surface area contributed by atoms with E-state index in [2.05, 4.69) is 15.9 Å². The smallest absolute Gasteiger partial charge is 0.277 e. The molecule has 30 heavy (non-hydrogen) atoms. The Morgan fingerprint density at radius 2 is 1.50 bits per heavy atom. The average molecular weight is 405 g/mol. The third-order valence-electron chi connectivity index (χ3n) is 5.82. The van der Waals surface area contributed by atoms with E-state index in [0.29, 0.717) is 30.9 Å². The molecule has 0 radical (unpaired) electrons. The number of aryl methyl sites for hydroxylation is 1. The first-order valence-corrected chi connectivity index (χ1v) is 10.4. The van der Waals surface area contributed by atoms with Crippen molar-refractivity contribution in [2.24, 2.45) is 0 Å². The standard InChI is InChI=1S/C24H27N3O3/c1-4-27-23(28)21(18-11-9-17(2)10-12-18)22(24(27)29)26-15-13-25(14-16-26)19-7-5-6-8-20(19)30-3/h5-12H,4,13-16H2,1-3H3. The van der Waals surface area contributed by atoms with Crippen LogP contribution in [0.3, 0.4) is 0 Å². The maximum atomic E-state index is 13.1. The van der Waals surface area contributed by atoms with Gasteiger partial charge in [-0.05, 0) is 31.5 Å². The van der Waals surface area contributed by atoms with E-state index in [0.717, 1.165) is 35.7 Å². The van der Waals surface area contributed by atoms with Crippen molar-refractivity contribution in [3.05, 3.63) is 65.4 Å². The summed E-state index contributed by atoms with van der Waals surface area (Å²) in [5, 5.41) is 0. The molecule has 0 atom stereocenters. The summed E-state index contributed by atoms with van der Waals surface area (Å²) >= 11 is 0. The molecule has 0 saturated carbocycles. The number of methoxy groups -OCH3 is 1. The first-order valence-electron chi connectivity index (χ1n) is 10.4.